The van der Waals surface area contributed by atoms with Gasteiger partial charge in [-0.1, -0.05) is 36.4 Å². The highest BCUT2D eigenvalue weighted by atomic mass is 16.5. The number of hydrogen-bond donors (Lipinski definition) is 1. The van der Waals surface area contributed by atoms with Crippen LogP contribution in [0, 0.1) is 0 Å². The van der Waals surface area contributed by atoms with Gasteiger partial charge in [-0.15, -0.1) is 0 Å². The van der Waals surface area contributed by atoms with Gasteiger partial charge in [0.15, 0.2) is 0 Å². The Hall–Kier alpha value is -3.66. The van der Waals surface area contributed by atoms with Gasteiger partial charge >= 0.3 is 0 Å². The summed E-state index contributed by atoms with van der Waals surface area (Å²) in [4.78, 5) is 16.8. The first-order valence-corrected chi connectivity index (χ1v) is 12.6. The molecule has 1 aliphatic rings. The zero-order valence-electron chi connectivity index (χ0n) is 21.4. The number of ether oxygens (including phenoxy) is 4. The number of piperidine rings is 1. The van der Waals surface area contributed by atoms with Crippen molar-refractivity contribution in [2.75, 3.05) is 33.4 Å². The molecule has 3 aromatic rings. The summed E-state index contributed by atoms with van der Waals surface area (Å²) < 4.78 is 23.0. The molecule has 9 nitrogen and oxygen atoms in total. The summed E-state index contributed by atoms with van der Waals surface area (Å²) >= 11 is 0. The molecule has 3 atom stereocenters. The Labute approximate surface area is 222 Å². The fourth-order valence-electron chi connectivity index (χ4n) is 4.55. The first kappa shape index (κ1) is 27.4. The van der Waals surface area contributed by atoms with Crippen molar-refractivity contribution in [3.05, 3.63) is 89.7 Å². The molecule has 1 aliphatic heterocycles. The van der Waals surface area contributed by atoms with Crippen LogP contribution in [0.15, 0.2) is 72.9 Å². The number of para-hydroxylation sites is 1. The van der Waals surface area contributed by atoms with E-state index < -0.39 is 24.2 Å². The van der Waals surface area contributed by atoms with Gasteiger partial charge in [0.2, 0.25) is 0 Å². The number of hydrogen-bond acceptors (Lipinski definition) is 8. The van der Waals surface area contributed by atoms with Crippen LogP contribution < -0.4 is 14.6 Å². The molecule has 38 heavy (non-hydrogen) atoms. The van der Waals surface area contributed by atoms with Crippen molar-refractivity contribution in [2.24, 2.45) is 0 Å². The molecule has 0 bridgehead atoms. The van der Waals surface area contributed by atoms with Crippen molar-refractivity contribution in [3.63, 3.8) is 0 Å². The predicted octanol–water partition coefficient (Wildman–Crippen LogP) is 2.76. The zero-order chi connectivity index (χ0) is 26.7. The molecule has 0 aliphatic carbocycles. The fourth-order valence-corrected chi connectivity index (χ4v) is 4.55. The maximum absolute atomic E-state index is 11.5. The van der Waals surface area contributed by atoms with Gasteiger partial charge in [-0.2, -0.15) is 0 Å². The number of rotatable bonds is 12. The van der Waals surface area contributed by atoms with Gasteiger partial charge in [0, 0.05) is 37.2 Å². The van der Waals surface area contributed by atoms with E-state index in [0.717, 1.165) is 33.9 Å². The van der Waals surface area contributed by atoms with E-state index >= 15 is 0 Å². The Balaban J connectivity index is 1.29. The first-order chi connectivity index (χ1) is 18.5. The van der Waals surface area contributed by atoms with Crippen LogP contribution in [0.5, 0.6) is 11.5 Å². The Kier molecular flexibility index (Phi) is 9.91. The van der Waals surface area contributed by atoms with Crippen LogP contribution in [0.25, 0.3) is 0 Å². The molecule has 1 aromatic heterocycles. The number of carboxylic acid groups (broad SMARTS) is 1. The van der Waals surface area contributed by atoms with E-state index in [1.54, 1.807) is 13.3 Å². The summed E-state index contributed by atoms with van der Waals surface area (Å²) in [5, 5.41) is 22.3. The predicted molar refractivity (Wildman–Crippen MR) is 138 cm³/mol. The van der Waals surface area contributed by atoms with Crippen LogP contribution in [-0.2, 0) is 22.7 Å². The lowest BCUT2D eigenvalue weighted by molar-refractivity contribution is -0.270. The van der Waals surface area contributed by atoms with Crippen LogP contribution in [0.2, 0.25) is 0 Å². The van der Waals surface area contributed by atoms with E-state index in [-0.39, 0.29) is 19.7 Å². The van der Waals surface area contributed by atoms with Gasteiger partial charge in [-0.25, -0.2) is 0 Å². The number of carbonyl (C=O) groups excluding carboxylic acids is 1. The Morgan fingerprint density at radius 2 is 1.82 bits per heavy atom. The van der Waals surface area contributed by atoms with E-state index in [2.05, 4.69) is 4.98 Å². The zero-order valence-corrected chi connectivity index (χ0v) is 21.4. The average Bonchev–Trinajstić information content (AvgIpc) is 2.94. The monoisotopic (exact) mass is 521 g/mol. The fraction of sp³-hybridized carbons (Fsp3) is 0.379. The van der Waals surface area contributed by atoms with E-state index in [1.807, 2.05) is 66.7 Å². The normalized spacial score (nSPS) is 19.2. The topological polar surface area (TPSA) is 113 Å². The SMILES string of the molecule is COc1ccccc1COCCCOc1ccc(C2C(O)CN(C(=O)[O-])CC2OCc2ccccn2)cc1. The molecule has 2 heterocycles. The van der Waals surface area contributed by atoms with E-state index in [4.69, 9.17) is 18.9 Å². The number of aliphatic hydroxyl groups excluding tert-OH is 1. The van der Waals surface area contributed by atoms with Gasteiger partial charge in [-0.05, 0) is 35.9 Å². The minimum Gasteiger partial charge on any atom is -0.530 e. The minimum absolute atomic E-state index is 0.0381. The summed E-state index contributed by atoms with van der Waals surface area (Å²) in [6.45, 7) is 1.78. The molecule has 0 spiro atoms. The van der Waals surface area contributed by atoms with E-state index in [0.29, 0.717) is 25.6 Å². The van der Waals surface area contributed by atoms with Crippen LogP contribution in [0.4, 0.5) is 4.79 Å². The summed E-state index contributed by atoms with van der Waals surface area (Å²) in [6.07, 6.45) is -0.441. The van der Waals surface area contributed by atoms with Crippen molar-refractivity contribution in [1.29, 1.82) is 0 Å². The third kappa shape index (κ3) is 7.44. The molecule has 0 radical (unpaired) electrons. The number of likely N-dealkylation sites (tertiary alicyclic amines) is 1. The van der Waals surface area contributed by atoms with Crippen molar-refractivity contribution < 1.29 is 34.0 Å². The molecule has 2 aromatic carbocycles. The Bertz CT molecular complexity index is 1140. The summed E-state index contributed by atoms with van der Waals surface area (Å²) in [6, 6.07) is 20.7. The van der Waals surface area contributed by atoms with Gasteiger partial charge in [0.1, 0.15) is 17.6 Å². The average molecular weight is 522 g/mol. The molecule has 1 saturated heterocycles. The number of nitrogens with zero attached hydrogens (tertiary/aromatic N) is 2. The van der Waals surface area contributed by atoms with Crippen LogP contribution >= 0.6 is 0 Å². The number of amides is 1. The van der Waals surface area contributed by atoms with Crippen LogP contribution in [0.1, 0.15) is 29.2 Å². The summed E-state index contributed by atoms with van der Waals surface area (Å²) in [5.74, 6) is 1.10. The molecule has 202 valence electrons. The second-order valence-electron chi connectivity index (χ2n) is 9.07. The van der Waals surface area contributed by atoms with Gasteiger partial charge in [-0.3, -0.25) is 4.98 Å². The molecule has 1 N–H and O–H groups in total. The Morgan fingerprint density at radius 3 is 2.55 bits per heavy atom. The van der Waals surface area contributed by atoms with Gasteiger partial charge in [0.25, 0.3) is 0 Å². The van der Waals surface area contributed by atoms with Crippen molar-refractivity contribution in [2.45, 2.75) is 37.8 Å². The lowest BCUT2D eigenvalue weighted by Gasteiger charge is -2.42. The number of benzene rings is 2. The van der Waals surface area contributed by atoms with Crippen molar-refractivity contribution in [3.8, 4) is 11.5 Å². The first-order valence-electron chi connectivity index (χ1n) is 12.6. The molecular formula is C29H33N2O7-. The lowest BCUT2D eigenvalue weighted by atomic mass is 9.84. The molecule has 4 rings (SSSR count). The molecule has 3 unspecified atom stereocenters. The quantitative estimate of drug-likeness (QED) is 0.362. The molecule has 1 amide bonds. The van der Waals surface area contributed by atoms with Gasteiger partial charge < -0.3 is 38.9 Å². The maximum atomic E-state index is 11.5. The lowest BCUT2D eigenvalue weighted by Crippen LogP contribution is -2.56. The number of aromatic nitrogens is 1. The van der Waals surface area contributed by atoms with Crippen molar-refractivity contribution in [1.82, 2.24) is 9.88 Å². The van der Waals surface area contributed by atoms with Crippen molar-refractivity contribution >= 4 is 6.09 Å². The highest BCUT2D eigenvalue weighted by Crippen LogP contribution is 2.32. The molecule has 9 heteroatoms. The number of pyridine rings is 1. The highest BCUT2D eigenvalue weighted by Gasteiger charge is 2.38. The van der Waals surface area contributed by atoms with E-state index in [1.165, 1.54) is 0 Å². The summed E-state index contributed by atoms with van der Waals surface area (Å²) in [7, 11) is 1.64. The standard InChI is InChI=1S/C29H34N2O7/c1-35-26-9-3-2-7-22(26)19-36-15-6-16-37-24-12-10-21(11-13-24)28-25(32)17-31(29(33)34)18-27(28)38-20-23-8-4-5-14-30-23/h2-5,7-14,25,27-28,32H,6,15-20H2,1H3,(H,33,34)/p-1. The van der Waals surface area contributed by atoms with E-state index in [9.17, 15) is 15.0 Å². The number of β-amino-alcohol motifs (C(OH)–C–C–N with tert-alkyl or cyclic N) is 1. The number of carbonyl (C=O) groups is 1. The molecule has 0 saturated carbocycles. The molecular weight excluding hydrogens is 488 g/mol. The number of aliphatic hydroxyl groups is 1. The summed E-state index contributed by atoms with van der Waals surface area (Å²) in [5.41, 5.74) is 2.57. The second-order valence-corrected chi connectivity index (χ2v) is 9.07. The minimum atomic E-state index is -1.33. The van der Waals surface area contributed by atoms with Gasteiger partial charge in [0.05, 0.1) is 51.4 Å². The third-order valence-corrected chi connectivity index (χ3v) is 6.47. The highest BCUT2D eigenvalue weighted by molar-refractivity contribution is 5.63. The smallest absolute Gasteiger partial charge is 0.137 e. The second kappa shape index (κ2) is 13.8. The third-order valence-electron chi connectivity index (χ3n) is 6.47. The number of methoxy groups -OCH3 is 1. The van der Waals surface area contributed by atoms with Crippen LogP contribution in [-0.4, -0.2) is 66.7 Å². The van der Waals surface area contributed by atoms with Crippen LogP contribution in [0.3, 0.4) is 0 Å². The Morgan fingerprint density at radius 1 is 1.03 bits per heavy atom. The largest absolute Gasteiger partial charge is 0.530 e. The maximum Gasteiger partial charge on any atom is 0.137 e. The molecule has 1 fully saturated rings.